The molecule has 0 saturated carbocycles. The lowest BCUT2D eigenvalue weighted by molar-refractivity contribution is 0.460. The highest BCUT2D eigenvalue weighted by molar-refractivity contribution is 6.03. The summed E-state index contributed by atoms with van der Waals surface area (Å²) in [7, 11) is 3.85. The fraction of sp³-hybridized carbons (Fsp3) is 0.158. The summed E-state index contributed by atoms with van der Waals surface area (Å²) >= 11 is 0. The zero-order valence-electron chi connectivity index (χ0n) is 25.6. The van der Waals surface area contributed by atoms with Crippen LogP contribution in [-0.2, 0) is 14.1 Å². The van der Waals surface area contributed by atoms with Gasteiger partial charge in [-0.05, 0) is 105 Å². The van der Waals surface area contributed by atoms with Crippen molar-refractivity contribution in [1.29, 1.82) is 0 Å². The van der Waals surface area contributed by atoms with Crippen molar-refractivity contribution in [3.8, 4) is 23.0 Å². The van der Waals surface area contributed by atoms with E-state index in [4.69, 9.17) is 9.47 Å². The maximum atomic E-state index is 14.0. The Kier molecular flexibility index (Phi) is 6.32. The van der Waals surface area contributed by atoms with Gasteiger partial charge in [-0.15, -0.1) is 0 Å². The largest absolute Gasteiger partial charge is 0.457 e. The van der Waals surface area contributed by atoms with Crippen LogP contribution >= 0.6 is 0 Å². The number of ether oxygens (including phenoxy) is 2. The maximum Gasteiger partial charge on any atom is 0.197 e. The van der Waals surface area contributed by atoms with Gasteiger partial charge >= 0.3 is 0 Å². The summed E-state index contributed by atoms with van der Waals surface area (Å²) in [6.45, 7) is 8.07. The average Bonchev–Trinajstić information content (AvgIpc) is 3.01. The summed E-state index contributed by atoms with van der Waals surface area (Å²) in [5.41, 5.74) is 6.89. The third-order valence-corrected chi connectivity index (χ3v) is 8.69. The van der Waals surface area contributed by atoms with E-state index in [1.807, 2.05) is 130 Å². The minimum Gasteiger partial charge on any atom is -0.457 e. The van der Waals surface area contributed by atoms with Gasteiger partial charge in [0, 0.05) is 35.6 Å². The number of benzene rings is 5. The van der Waals surface area contributed by atoms with E-state index in [0.29, 0.717) is 32.8 Å². The molecule has 0 amide bonds. The Balaban J connectivity index is 1.32. The van der Waals surface area contributed by atoms with Crippen molar-refractivity contribution < 1.29 is 9.47 Å². The standard InChI is InChI=1S/C38H32N2O4/c1-21-10-9-11-22(2)37(21)44-26-16-23(3)38(24(4)17-26)43-25-14-15-32-28(18-25)36(42)30-20-33-29(19-34(30)40(32)6)35(41)27-12-7-8-13-31(27)39(33)5/h7-20H,1-6H3. The van der Waals surface area contributed by atoms with E-state index in [2.05, 4.69) is 0 Å². The van der Waals surface area contributed by atoms with Crippen LogP contribution in [-0.4, -0.2) is 9.13 Å². The van der Waals surface area contributed by atoms with E-state index in [-0.39, 0.29) is 10.9 Å². The van der Waals surface area contributed by atoms with E-state index in [0.717, 1.165) is 56.1 Å². The number of hydrogen-bond acceptors (Lipinski definition) is 4. The van der Waals surface area contributed by atoms with Crippen LogP contribution in [0.4, 0.5) is 0 Å². The van der Waals surface area contributed by atoms with E-state index < -0.39 is 0 Å². The molecular weight excluding hydrogens is 548 g/mol. The number of rotatable bonds is 4. The number of fused-ring (bicyclic) bond motifs is 4. The molecule has 0 aliphatic heterocycles. The molecule has 0 radical (unpaired) electrons. The third kappa shape index (κ3) is 4.25. The van der Waals surface area contributed by atoms with Gasteiger partial charge in [0.15, 0.2) is 10.9 Å². The highest BCUT2D eigenvalue weighted by Crippen LogP contribution is 2.36. The van der Waals surface area contributed by atoms with Crippen LogP contribution in [0.2, 0.25) is 0 Å². The molecule has 6 heteroatoms. The molecule has 0 N–H and O–H groups in total. The monoisotopic (exact) mass is 580 g/mol. The summed E-state index contributed by atoms with van der Waals surface area (Å²) in [5, 5.41) is 2.34. The van der Waals surface area contributed by atoms with Crippen LogP contribution in [0.3, 0.4) is 0 Å². The Morgan fingerprint density at radius 1 is 0.455 bits per heavy atom. The van der Waals surface area contributed by atoms with Crippen molar-refractivity contribution in [3.05, 3.63) is 128 Å². The average molecular weight is 581 g/mol. The molecule has 0 fully saturated rings. The maximum absolute atomic E-state index is 14.0. The zero-order chi connectivity index (χ0) is 30.9. The Morgan fingerprint density at radius 3 is 1.59 bits per heavy atom. The summed E-state index contributed by atoms with van der Waals surface area (Å²) in [4.78, 5) is 27.4. The molecule has 6 nitrogen and oxygen atoms in total. The molecule has 0 aliphatic rings. The molecule has 7 aromatic rings. The van der Waals surface area contributed by atoms with Crippen molar-refractivity contribution in [2.45, 2.75) is 27.7 Å². The molecule has 5 aromatic carbocycles. The number of aromatic nitrogens is 2. The molecule has 218 valence electrons. The molecule has 44 heavy (non-hydrogen) atoms. The topological polar surface area (TPSA) is 62.5 Å². The number of aryl methyl sites for hydroxylation is 6. The second-order valence-corrected chi connectivity index (χ2v) is 11.7. The summed E-state index contributed by atoms with van der Waals surface area (Å²) in [6.07, 6.45) is 0. The first-order valence-electron chi connectivity index (χ1n) is 14.6. The summed E-state index contributed by atoms with van der Waals surface area (Å²) in [6, 6.07) is 26.9. The molecule has 0 aliphatic carbocycles. The lowest BCUT2D eigenvalue weighted by Crippen LogP contribution is -2.13. The smallest absolute Gasteiger partial charge is 0.197 e. The number of pyridine rings is 2. The molecule has 0 unspecified atom stereocenters. The Morgan fingerprint density at radius 2 is 0.955 bits per heavy atom. The molecule has 0 saturated heterocycles. The highest BCUT2D eigenvalue weighted by atomic mass is 16.5. The second-order valence-electron chi connectivity index (χ2n) is 11.7. The van der Waals surface area contributed by atoms with Crippen molar-refractivity contribution in [3.63, 3.8) is 0 Å². The van der Waals surface area contributed by atoms with E-state index in [1.54, 1.807) is 6.07 Å². The minimum absolute atomic E-state index is 0.0388. The molecular formula is C38H32N2O4. The van der Waals surface area contributed by atoms with Gasteiger partial charge in [0.05, 0.1) is 22.1 Å². The van der Waals surface area contributed by atoms with Gasteiger partial charge in [0.2, 0.25) is 0 Å². The van der Waals surface area contributed by atoms with Gasteiger partial charge in [-0.1, -0.05) is 30.3 Å². The predicted octanol–water partition coefficient (Wildman–Crippen LogP) is 8.52. The first kappa shape index (κ1) is 27.5. The van der Waals surface area contributed by atoms with Gasteiger partial charge in [0.25, 0.3) is 0 Å². The van der Waals surface area contributed by atoms with Gasteiger partial charge in [0.1, 0.15) is 23.0 Å². The SMILES string of the molecule is Cc1cccc(C)c1Oc1cc(C)c(Oc2ccc3c(c2)c(=O)c2cc4c(cc2n3C)c(=O)c2ccccc2n4C)c(C)c1. The molecule has 0 atom stereocenters. The van der Waals surface area contributed by atoms with Crippen LogP contribution in [0.15, 0.2) is 94.5 Å². The number of hydrogen-bond donors (Lipinski definition) is 0. The van der Waals surface area contributed by atoms with Crippen LogP contribution < -0.4 is 20.3 Å². The third-order valence-electron chi connectivity index (χ3n) is 8.69. The Bertz CT molecular complexity index is 2410. The second kappa shape index (κ2) is 10.1. The molecule has 0 spiro atoms. The first-order chi connectivity index (χ1) is 21.1. The lowest BCUT2D eigenvalue weighted by atomic mass is 10.0. The van der Waals surface area contributed by atoms with Gasteiger partial charge < -0.3 is 18.6 Å². The highest BCUT2D eigenvalue weighted by Gasteiger charge is 2.17. The predicted molar refractivity (Wildman–Crippen MR) is 179 cm³/mol. The Labute approximate surface area is 254 Å². The van der Waals surface area contributed by atoms with Gasteiger partial charge in [-0.2, -0.15) is 0 Å². The molecule has 7 rings (SSSR count). The van der Waals surface area contributed by atoms with Crippen LogP contribution in [0.1, 0.15) is 22.3 Å². The molecule has 2 aromatic heterocycles. The zero-order valence-corrected chi connectivity index (χ0v) is 25.6. The lowest BCUT2D eigenvalue weighted by Gasteiger charge is -2.17. The van der Waals surface area contributed by atoms with Gasteiger partial charge in [-0.25, -0.2) is 0 Å². The van der Waals surface area contributed by atoms with E-state index in [9.17, 15) is 9.59 Å². The fourth-order valence-electron chi connectivity index (χ4n) is 6.38. The van der Waals surface area contributed by atoms with Crippen LogP contribution in [0.5, 0.6) is 23.0 Å². The number of nitrogens with zero attached hydrogens (tertiary/aromatic N) is 2. The van der Waals surface area contributed by atoms with Crippen molar-refractivity contribution in [1.82, 2.24) is 9.13 Å². The van der Waals surface area contributed by atoms with E-state index >= 15 is 0 Å². The molecule has 2 heterocycles. The van der Waals surface area contributed by atoms with Crippen molar-refractivity contribution >= 4 is 43.6 Å². The normalized spacial score (nSPS) is 11.6. The van der Waals surface area contributed by atoms with Crippen LogP contribution in [0.25, 0.3) is 43.6 Å². The van der Waals surface area contributed by atoms with Crippen molar-refractivity contribution in [2.75, 3.05) is 0 Å². The summed E-state index contributed by atoms with van der Waals surface area (Å²) < 4.78 is 16.6. The van der Waals surface area contributed by atoms with Crippen LogP contribution in [0, 0.1) is 27.7 Å². The number of para-hydroxylation sites is 2. The van der Waals surface area contributed by atoms with E-state index in [1.165, 1.54) is 0 Å². The Hall–Kier alpha value is -5.36. The minimum atomic E-state index is -0.105. The first-order valence-corrected chi connectivity index (χ1v) is 14.6. The van der Waals surface area contributed by atoms with Gasteiger partial charge in [-0.3, -0.25) is 9.59 Å². The quantitative estimate of drug-likeness (QED) is 0.196. The molecule has 0 bridgehead atoms. The fourth-order valence-corrected chi connectivity index (χ4v) is 6.38. The van der Waals surface area contributed by atoms with Crippen molar-refractivity contribution in [2.24, 2.45) is 14.1 Å². The summed E-state index contributed by atoms with van der Waals surface area (Å²) in [5.74, 6) is 2.91.